The number of benzene rings is 2. The monoisotopic (exact) mass is 506 g/mol. The summed E-state index contributed by atoms with van der Waals surface area (Å²) < 4.78 is 70.6. The first-order valence-electron chi connectivity index (χ1n) is 13.2. The molecule has 2 aliphatic rings. The molecule has 0 amide bonds. The fraction of sp³-hybridized carbons (Fsp3) is 0.533. The summed E-state index contributed by atoms with van der Waals surface area (Å²) in [6.45, 7) is 2.24. The Bertz CT molecular complexity index is 1010. The van der Waals surface area contributed by atoms with E-state index in [2.05, 4.69) is 17.7 Å². The van der Waals surface area contributed by atoms with Gasteiger partial charge in [-0.2, -0.15) is 17.6 Å². The van der Waals surface area contributed by atoms with Crippen molar-refractivity contribution in [3.05, 3.63) is 77.1 Å². The van der Waals surface area contributed by atoms with E-state index < -0.39 is 18.3 Å². The topological polar surface area (TPSA) is 9.23 Å². The van der Waals surface area contributed by atoms with E-state index in [-0.39, 0.29) is 23.4 Å². The Labute approximate surface area is 210 Å². The van der Waals surface area contributed by atoms with Gasteiger partial charge in [-0.05, 0) is 110 Å². The third kappa shape index (κ3) is 6.89. The number of rotatable bonds is 8. The molecule has 2 fully saturated rings. The highest BCUT2D eigenvalue weighted by Gasteiger charge is 2.31. The van der Waals surface area contributed by atoms with E-state index in [9.17, 15) is 17.6 Å². The van der Waals surface area contributed by atoms with Gasteiger partial charge in [0.05, 0.1) is 6.08 Å². The Morgan fingerprint density at radius 3 is 1.97 bits per heavy atom. The third-order valence-electron chi connectivity index (χ3n) is 8.09. The molecular formula is C30H35F5O. The number of halogens is 5. The van der Waals surface area contributed by atoms with Crippen molar-refractivity contribution in [2.45, 2.75) is 95.0 Å². The summed E-state index contributed by atoms with van der Waals surface area (Å²) >= 11 is 0. The van der Waals surface area contributed by atoms with Gasteiger partial charge in [0.15, 0.2) is 0 Å². The zero-order valence-corrected chi connectivity index (χ0v) is 20.8. The average Bonchev–Trinajstić information content (AvgIpc) is 2.84. The van der Waals surface area contributed by atoms with Crippen molar-refractivity contribution in [1.29, 1.82) is 0 Å². The van der Waals surface area contributed by atoms with E-state index >= 15 is 4.39 Å². The highest BCUT2D eigenvalue weighted by atomic mass is 19.3. The van der Waals surface area contributed by atoms with E-state index in [4.69, 9.17) is 0 Å². The third-order valence-corrected chi connectivity index (χ3v) is 8.09. The first-order chi connectivity index (χ1) is 17.2. The van der Waals surface area contributed by atoms with Crippen LogP contribution >= 0.6 is 0 Å². The van der Waals surface area contributed by atoms with Gasteiger partial charge in [-0.3, -0.25) is 0 Å². The fourth-order valence-corrected chi connectivity index (χ4v) is 6.18. The molecule has 0 radical (unpaired) electrons. The molecule has 36 heavy (non-hydrogen) atoms. The van der Waals surface area contributed by atoms with Crippen LogP contribution < -0.4 is 4.74 Å². The normalized spacial score (nSPS) is 24.8. The van der Waals surface area contributed by atoms with Gasteiger partial charge in [-0.15, -0.1) is 0 Å². The molecule has 0 aliphatic heterocycles. The van der Waals surface area contributed by atoms with Crippen LogP contribution in [0.4, 0.5) is 22.0 Å². The van der Waals surface area contributed by atoms with Gasteiger partial charge in [-0.1, -0.05) is 44.0 Å². The minimum atomic E-state index is -4.06. The summed E-state index contributed by atoms with van der Waals surface area (Å²) in [5.74, 6) is 1.47. The minimum Gasteiger partial charge on any atom is -0.429 e. The van der Waals surface area contributed by atoms with Gasteiger partial charge in [0, 0.05) is 0 Å². The van der Waals surface area contributed by atoms with Crippen LogP contribution in [0, 0.1) is 11.7 Å². The molecule has 0 bridgehead atoms. The molecule has 0 N–H and O–H groups in total. The summed E-state index contributed by atoms with van der Waals surface area (Å²) in [6.07, 6.45) is 3.74. The molecule has 2 saturated carbocycles. The van der Waals surface area contributed by atoms with Gasteiger partial charge < -0.3 is 4.74 Å². The van der Waals surface area contributed by atoms with Crippen LogP contribution in [-0.2, 0) is 0 Å². The van der Waals surface area contributed by atoms with Crippen molar-refractivity contribution in [3.63, 3.8) is 0 Å². The maximum absolute atomic E-state index is 15.1. The number of hydrogen-bond donors (Lipinski definition) is 0. The molecule has 0 saturated heterocycles. The smallest absolute Gasteiger partial charge is 0.425 e. The standard InChI is InChI=1S/C30H35F5O/c1-2-3-20-4-6-23(7-5-20)25-14-17-27(28(31)18-25)24-10-8-21(9-11-24)22-12-15-26(16-13-22)36-30(34,35)19-29(32)33/h12-21,23-24H,2-11H2,1H3. The number of ether oxygens (including phenoxy) is 1. The lowest BCUT2D eigenvalue weighted by molar-refractivity contribution is -0.133. The second-order valence-electron chi connectivity index (χ2n) is 10.5. The molecule has 4 rings (SSSR count). The SMILES string of the molecule is CCCC1CCC(c2ccc(C3CCC(c4ccc(OC(F)(F)C=C(F)F)cc4)CC3)c(F)c2)CC1. The van der Waals surface area contributed by atoms with Crippen molar-refractivity contribution in [1.82, 2.24) is 0 Å². The molecule has 0 unspecified atom stereocenters. The lowest BCUT2D eigenvalue weighted by Gasteiger charge is -2.31. The maximum Gasteiger partial charge on any atom is 0.425 e. The maximum atomic E-state index is 15.1. The van der Waals surface area contributed by atoms with Crippen LogP contribution in [0.25, 0.3) is 0 Å². The largest absolute Gasteiger partial charge is 0.429 e. The van der Waals surface area contributed by atoms with E-state index in [1.807, 2.05) is 6.07 Å². The highest BCUT2D eigenvalue weighted by molar-refractivity contribution is 5.32. The highest BCUT2D eigenvalue weighted by Crippen LogP contribution is 2.43. The van der Waals surface area contributed by atoms with E-state index in [1.54, 1.807) is 18.2 Å². The van der Waals surface area contributed by atoms with Crippen LogP contribution in [0.2, 0.25) is 0 Å². The number of hydrogen-bond acceptors (Lipinski definition) is 1. The molecule has 0 heterocycles. The lowest BCUT2D eigenvalue weighted by atomic mass is 9.74. The van der Waals surface area contributed by atoms with Gasteiger partial charge >= 0.3 is 6.11 Å². The Morgan fingerprint density at radius 1 is 0.833 bits per heavy atom. The first-order valence-corrected chi connectivity index (χ1v) is 13.2. The molecule has 2 aliphatic carbocycles. The van der Waals surface area contributed by atoms with Crippen LogP contribution in [0.15, 0.2) is 54.6 Å². The summed E-state index contributed by atoms with van der Waals surface area (Å²) in [5.41, 5.74) is 2.93. The van der Waals surface area contributed by atoms with Gasteiger partial charge in [-0.25, -0.2) is 4.39 Å². The molecular weight excluding hydrogens is 471 g/mol. The van der Waals surface area contributed by atoms with E-state index in [0.29, 0.717) is 5.92 Å². The van der Waals surface area contributed by atoms with Crippen molar-refractivity contribution >= 4 is 0 Å². The number of alkyl halides is 2. The lowest BCUT2D eigenvalue weighted by Crippen LogP contribution is -2.21. The fourth-order valence-electron chi connectivity index (χ4n) is 6.18. The first kappa shape index (κ1) is 26.7. The van der Waals surface area contributed by atoms with Crippen LogP contribution in [0.1, 0.15) is 106 Å². The Morgan fingerprint density at radius 2 is 1.39 bits per heavy atom. The van der Waals surface area contributed by atoms with Gasteiger partial charge in [0.25, 0.3) is 6.08 Å². The van der Waals surface area contributed by atoms with Gasteiger partial charge in [0.2, 0.25) is 0 Å². The van der Waals surface area contributed by atoms with Crippen LogP contribution in [-0.4, -0.2) is 6.11 Å². The van der Waals surface area contributed by atoms with Crippen molar-refractivity contribution < 1.29 is 26.7 Å². The van der Waals surface area contributed by atoms with Gasteiger partial charge in [0.1, 0.15) is 11.6 Å². The zero-order chi connectivity index (χ0) is 25.7. The van der Waals surface area contributed by atoms with Crippen LogP contribution in [0.3, 0.4) is 0 Å². The predicted octanol–water partition coefficient (Wildman–Crippen LogP) is 10.1. The minimum absolute atomic E-state index is 0.0900. The second kappa shape index (κ2) is 11.8. The zero-order valence-electron chi connectivity index (χ0n) is 20.8. The molecule has 0 spiro atoms. The Balaban J connectivity index is 1.31. The van der Waals surface area contributed by atoms with E-state index in [1.165, 1.54) is 37.8 Å². The predicted molar refractivity (Wildman–Crippen MR) is 132 cm³/mol. The molecule has 2 aromatic rings. The Kier molecular flexibility index (Phi) is 8.74. The molecule has 0 atom stereocenters. The summed E-state index contributed by atoms with van der Waals surface area (Å²) in [7, 11) is 0. The molecule has 0 aromatic heterocycles. The van der Waals surface area contributed by atoms with Crippen molar-refractivity contribution in [2.75, 3.05) is 0 Å². The summed E-state index contributed by atoms with van der Waals surface area (Å²) in [4.78, 5) is 0. The quantitative estimate of drug-likeness (QED) is 0.324. The Hall–Kier alpha value is -2.37. The second-order valence-corrected chi connectivity index (χ2v) is 10.5. The van der Waals surface area contributed by atoms with Crippen molar-refractivity contribution in [3.8, 4) is 5.75 Å². The van der Waals surface area contributed by atoms with E-state index in [0.717, 1.165) is 61.1 Å². The summed E-state index contributed by atoms with van der Waals surface area (Å²) in [5, 5.41) is 0. The molecule has 2 aromatic carbocycles. The molecule has 1 nitrogen and oxygen atoms in total. The molecule has 196 valence electrons. The molecule has 6 heteroatoms. The average molecular weight is 507 g/mol. The van der Waals surface area contributed by atoms with Crippen LogP contribution in [0.5, 0.6) is 5.75 Å². The summed E-state index contributed by atoms with van der Waals surface area (Å²) in [6, 6.07) is 12.1. The van der Waals surface area contributed by atoms with Crippen molar-refractivity contribution in [2.24, 2.45) is 5.92 Å².